The maximum absolute atomic E-state index is 12.0. The number of nitrogens with zero attached hydrogens (tertiary/aromatic N) is 3. The number of alkyl halides is 6. The smallest absolute Gasteiger partial charge is 0.475 e. The number of amides is 1. The lowest BCUT2D eigenvalue weighted by Gasteiger charge is -2.02. The zero-order valence-electron chi connectivity index (χ0n) is 17.7. The number of rotatable bonds is 5. The van der Waals surface area contributed by atoms with Crippen molar-refractivity contribution in [2.45, 2.75) is 18.8 Å². The monoisotopic (exact) mass is 522 g/mol. The Morgan fingerprint density at radius 2 is 1.42 bits per heavy atom. The van der Waals surface area contributed by atoms with Crippen molar-refractivity contribution in [1.82, 2.24) is 20.4 Å². The van der Waals surface area contributed by atoms with Gasteiger partial charge in [-0.25, -0.2) is 9.59 Å². The molecule has 0 spiro atoms. The fraction of sp³-hybridized carbons (Fsp3) is 0.200. The minimum Gasteiger partial charge on any atom is -0.475 e. The predicted octanol–water partition coefficient (Wildman–Crippen LogP) is 3.37. The molecule has 0 saturated carbocycles. The highest BCUT2D eigenvalue weighted by Gasteiger charge is 2.38. The Kier molecular flexibility index (Phi) is 11.0. The van der Waals surface area contributed by atoms with Gasteiger partial charge in [0.2, 0.25) is 0 Å². The molecule has 10 nitrogen and oxygen atoms in total. The first-order chi connectivity index (χ1) is 16.7. The van der Waals surface area contributed by atoms with Gasteiger partial charge in [-0.05, 0) is 30.2 Å². The van der Waals surface area contributed by atoms with Crippen LogP contribution in [0.4, 0.5) is 26.3 Å². The van der Waals surface area contributed by atoms with Crippen molar-refractivity contribution in [2.24, 2.45) is 0 Å². The van der Waals surface area contributed by atoms with Crippen LogP contribution in [0.1, 0.15) is 16.1 Å². The van der Waals surface area contributed by atoms with E-state index in [9.17, 15) is 31.1 Å². The minimum atomic E-state index is -5.08. The third kappa shape index (κ3) is 11.1. The highest BCUT2D eigenvalue weighted by Crippen LogP contribution is 2.18. The number of hydrogen-bond donors (Lipinski definition) is 3. The first-order valence-corrected chi connectivity index (χ1v) is 9.36. The van der Waals surface area contributed by atoms with Gasteiger partial charge in [0.15, 0.2) is 11.5 Å². The molecular formula is C20H16F6N4O6. The number of aliphatic carboxylic acids is 2. The van der Waals surface area contributed by atoms with Crippen LogP contribution in [-0.2, 0) is 16.0 Å². The van der Waals surface area contributed by atoms with Gasteiger partial charge in [0.25, 0.3) is 5.91 Å². The zero-order valence-corrected chi connectivity index (χ0v) is 17.7. The number of carbonyl (C=O) groups excluding carboxylic acids is 1. The minimum absolute atomic E-state index is 0.255. The van der Waals surface area contributed by atoms with Gasteiger partial charge in [-0.3, -0.25) is 14.8 Å². The van der Waals surface area contributed by atoms with E-state index in [0.717, 1.165) is 11.1 Å². The summed E-state index contributed by atoms with van der Waals surface area (Å²) in [6.07, 6.45) is -2.62. The molecule has 3 rings (SSSR count). The summed E-state index contributed by atoms with van der Waals surface area (Å²) in [6.45, 7) is 0.514. The Bertz CT molecular complexity index is 1100. The van der Waals surface area contributed by atoms with E-state index < -0.39 is 24.3 Å². The number of halogens is 6. The summed E-state index contributed by atoms with van der Waals surface area (Å²) in [6, 6.07) is 9.09. The molecule has 3 aromatic heterocycles. The van der Waals surface area contributed by atoms with Crippen LogP contribution < -0.4 is 5.32 Å². The van der Waals surface area contributed by atoms with Crippen molar-refractivity contribution < 1.29 is 55.5 Å². The van der Waals surface area contributed by atoms with Crippen LogP contribution >= 0.6 is 0 Å². The molecule has 0 fully saturated rings. The second-order valence-electron chi connectivity index (χ2n) is 6.29. The van der Waals surface area contributed by atoms with E-state index >= 15 is 0 Å². The van der Waals surface area contributed by atoms with Crippen molar-refractivity contribution in [3.8, 4) is 11.3 Å². The van der Waals surface area contributed by atoms with Crippen LogP contribution in [0.3, 0.4) is 0 Å². The van der Waals surface area contributed by atoms with Gasteiger partial charge in [-0.15, -0.1) is 0 Å². The van der Waals surface area contributed by atoms with Crippen LogP contribution in [0, 0.1) is 0 Å². The molecule has 0 radical (unpaired) electrons. The predicted molar refractivity (Wildman–Crippen MR) is 107 cm³/mol. The first kappa shape index (κ1) is 29.5. The molecule has 0 aromatic carbocycles. The molecule has 0 aliphatic heterocycles. The number of carbonyl (C=O) groups is 3. The number of carboxylic acid groups (broad SMARTS) is 2. The van der Waals surface area contributed by atoms with Gasteiger partial charge in [0.1, 0.15) is 0 Å². The SMILES string of the molecule is O=C(NCCc1cccnc1)c1cc(-c2cccnc2)on1.O=C(O)C(F)(F)F.O=C(O)C(F)(F)F. The van der Waals surface area contributed by atoms with Crippen LogP contribution in [0.25, 0.3) is 11.3 Å². The van der Waals surface area contributed by atoms with E-state index in [1.807, 2.05) is 18.2 Å². The Hall–Kier alpha value is -4.50. The lowest BCUT2D eigenvalue weighted by atomic mass is 10.2. The highest BCUT2D eigenvalue weighted by molar-refractivity contribution is 5.93. The van der Waals surface area contributed by atoms with Gasteiger partial charge in [-0.2, -0.15) is 26.3 Å². The average molecular weight is 522 g/mol. The van der Waals surface area contributed by atoms with Crippen LogP contribution in [0.5, 0.6) is 0 Å². The molecule has 1 amide bonds. The summed E-state index contributed by atoms with van der Waals surface area (Å²) in [5, 5.41) is 20.8. The van der Waals surface area contributed by atoms with Gasteiger partial charge < -0.3 is 20.1 Å². The van der Waals surface area contributed by atoms with Crippen LogP contribution in [-0.4, -0.2) is 62.1 Å². The Morgan fingerprint density at radius 3 is 1.86 bits per heavy atom. The van der Waals surface area contributed by atoms with E-state index in [1.165, 1.54) is 0 Å². The average Bonchev–Trinajstić information content (AvgIpc) is 3.30. The fourth-order valence-corrected chi connectivity index (χ4v) is 1.98. The largest absolute Gasteiger partial charge is 0.490 e. The molecule has 0 aliphatic rings. The maximum atomic E-state index is 12.0. The maximum Gasteiger partial charge on any atom is 0.490 e. The molecule has 194 valence electrons. The normalized spacial score (nSPS) is 10.7. The van der Waals surface area contributed by atoms with Crippen molar-refractivity contribution in [2.75, 3.05) is 6.54 Å². The first-order valence-electron chi connectivity index (χ1n) is 9.36. The molecule has 0 bridgehead atoms. The molecule has 3 heterocycles. The molecule has 0 atom stereocenters. The molecule has 0 saturated heterocycles. The van der Waals surface area contributed by atoms with Gasteiger partial charge in [0, 0.05) is 43.0 Å². The lowest BCUT2D eigenvalue weighted by molar-refractivity contribution is -0.193. The van der Waals surface area contributed by atoms with Gasteiger partial charge >= 0.3 is 24.3 Å². The van der Waals surface area contributed by atoms with Gasteiger partial charge in [0.05, 0.1) is 0 Å². The van der Waals surface area contributed by atoms with Gasteiger partial charge in [-0.1, -0.05) is 11.2 Å². The van der Waals surface area contributed by atoms with E-state index in [0.29, 0.717) is 18.7 Å². The van der Waals surface area contributed by atoms with Crippen LogP contribution in [0.2, 0.25) is 0 Å². The quantitative estimate of drug-likeness (QED) is 0.428. The van der Waals surface area contributed by atoms with Crippen molar-refractivity contribution in [1.29, 1.82) is 0 Å². The van der Waals surface area contributed by atoms with E-state index in [-0.39, 0.29) is 11.6 Å². The highest BCUT2D eigenvalue weighted by atomic mass is 19.4. The third-order valence-electron chi connectivity index (χ3n) is 3.60. The third-order valence-corrected chi connectivity index (χ3v) is 3.60. The summed E-state index contributed by atoms with van der Waals surface area (Å²) in [5.74, 6) is -5.26. The van der Waals surface area contributed by atoms with Crippen molar-refractivity contribution in [3.05, 3.63) is 66.4 Å². The number of pyridine rings is 2. The standard InChI is InChI=1S/C16H14N4O2.2C2HF3O2/c21-16(19-8-5-12-3-1-6-17-10-12)14-9-15(22-20-14)13-4-2-7-18-11-13;2*3-2(4,5)1(6)7/h1-4,6-7,9-11H,5,8H2,(H,19,21);2*(H,6,7). The lowest BCUT2D eigenvalue weighted by Crippen LogP contribution is -2.25. The van der Waals surface area contributed by atoms with E-state index in [2.05, 4.69) is 20.4 Å². The fourth-order valence-electron chi connectivity index (χ4n) is 1.98. The number of nitrogens with one attached hydrogen (secondary N) is 1. The molecule has 3 N–H and O–H groups in total. The summed E-state index contributed by atoms with van der Waals surface area (Å²) >= 11 is 0. The number of carboxylic acids is 2. The number of hydrogen-bond acceptors (Lipinski definition) is 7. The summed E-state index contributed by atoms with van der Waals surface area (Å²) in [4.78, 5) is 37.8. The molecular weight excluding hydrogens is 506 g/mol. The van der Waals surface area contributed by atoms with Crippen LogP contribution in [0.15, 0.2) is 59.6 Å². The molecule has 16 heteroatoms. The van der Waals surface area contributed by atoms with E-state index in [4.69, 9.17) is 24.3 Å². The Morgan fingerprint density at radius 1 is 0.889 bits per heavy atom. The summed E-state index contributed by atoms with van der Waals surface area (Å²) < 4.78 is 68.6. The Labute approximate surface area is 197 Å². The molecule has 0 aliphatic carbocycles. The zero-order chi connectivity index (χ0) is 27.4. The molecule has 0 unspecified atom stereocenters. The summed E-state index contributed by atoms with van der Waals surface area (Å²) in [5.41, 5.74) is 2.11. The Balaban J connectivity index is 0.000000383. The second-order valence-corrected chi connectivity index (χ2v) is 6.29. The molecule has 36 heavy (non-hydrogen) atoms. The summed E-state index contributed by atoms with van der Waals surface area (Å²) in [7, 11) is 0. The molecule has 3 aromatic rings. The van der Waals surface area contributed by atoms with Crippen molar-refractivity contribution in [3.63, 3.8) is 0 Å². The second kappa shape index (κ2) is 13.4. The van der Waals surface area contributed by atoms with E-state index in [1.54, 1.807) is 36.9 Å². The van der Waals surface area contributed by atoms with Crippen molar-refractivity contribution >= 4 is 17.8 Å². The number of aromatic nitrogens is 3. The topological polar surface area (TPSA) is 156 Å².